The van der Waals surface area contributed by atoms with E-state index in [1.54, 1.807) is 27.7 Å². The maximum Gasteiger partial charge on any atom is 0.412 e. The van der Waals surface area contributed by atoms with E-state index >= 15 is 0 Å². The Morgan fingerprint density at radius 3 is 2.58 bits per heavy atom. The molecular weight excluding hydrogens is 486 g/mol. The van der Waals surface area contributed by atoms with Crippen LogP contribution in [0.15, 0.2) is 16.8 Å². The molecule has 2 rings (SSSR count). The molecule has 202 valence electrons. The fraction of sp³-hybridized carbons (Fsp3) is 0.680. The number of carboxylic acid groups (broad SMARTS) is 1. The minimum absolute atomic E-state index is 0.0190. The quantitative estimate of drug-likeness (QED) is 0.404. The molecule has 11 heteroatoms. The molecule has 0 aromatic carbocycles. The Morgan fingerprint density at radius 2 is 2.00 bits per heavy atom. The summed E-state index contributed by atoms with van der Waals surface area (Å²) in [5, 5.41) is 18.6. The topological polar surface area (TPSA) is 134 Å². The van der Waals surface area contributed by atoms with E-state index in [0.717, 1.165) is 5.56 Å². The number of nitrogens with one attached hydrogen (secondary N) is 2. The third-order valence-electron chi connectivity index (χ3n) is 5.90. The lowest BCUT2D eigenvalue weighted by atomic mass is 9.98. The Kier molecular flexibility index (Phi) is 11.2. The van der Waals surface area contributed by atoms with Gasteiger partial charge in [0.25, 0.3) is 0 Å². The Labute approximate surface area is 216 Å². The average Bonchev–Trinajstić information content (AvgIpc) is 3.32. The van der Waals surface area contributed by atoms with Gasteiger partial charge in [-0.1, -0.05) is 20.3 Å². The van der Waals surface area contributed by atoms with Crippen LogP contribution in [0.2, 0.25) is 0 Å². The van der Waals surface area contributed by atoms with Gasteiger partial charge in [0.2, 0.25) is 11.8 Å². The summed E-state index contributed by atoms with van der Waals surface area (Å²) in [5.41, 5.74) is 0.212. The molecule has 1 saturated heterocycles. The second-order valence-corrected chi connectivity index (χ2v) is 10.8. The Bertz CT molecular complexity index is 885. The zero-order chi connectivity index (χ0) is 26.9. The van der Waals surface area contributed by atoms with Gasteiger partial charge in [-0.15, -0.1) is 0 Å². The molecule has 0 saturated carbocycles. The van der Waals surface area contributed by atoms with E-state index < -0.39 is 41.9 Å². The molecule has 0 radical (unpaired) electrons. The van der Waals surface area contributed by atoms with Gasteiger partial charge in [0, 0.05) is 25.8 Å². The highest BCUT2D eigenvalue weighted by molar-refractivity contribution is 7.07. The van der Waals surface area contributed by atoms with E-state index in [9.17, 15) is 24.3 Å². The van der Waals surface area contributed by atoms with Gasteiger partial charge >= 0.3 is 12.1 Å². The van der Waals surface area contributed by atoms with Crippen LogP contribution in [0.1, 0.15) is 65.9 Å². The molecule has 36 heavy (non-hydrogen) atoms. The van der Waals surface area contributed by atoms with Gasteiger partial charge in [-0.3, -0.25) is 14.5 Å². The SMILES string of the molecule is CC[C@H](C)[C@H](NC(=O)[C@H](Cc1ccsc1)NC(=O)CCC1OCCCN1C(=O)OC(C)(C)C)C(=O)O. The zero-order valence-corrected chi connectivity index (χ0v) is 22.6. The summed E-state index contributed by atoms with van der Waals surface area (Å²) < 4.78 is 11.2. The normalized spacial score (nSPS) is 18.6. The van der Waals surface area contributed by atoms with Crippen LogP contribution in [0.4, 0.5) is 4.79 Å². The largest absolute Gasteiger partial charge is 0.480 e. The van der Waals surface area contributed by atoms with E-state index in [2.05, 4.69) is 10.6 Å². The third kappa shape index (κ3) is 9.42. The van der Waals surface area contributed by atoms with Gasteiger partial charge in [0.15, 0.2) is 0 Å². The molecule has 1 unspecified atom stereocenters. The highest BCUT2D eigenvalue weighted by atomic mass is 32.1. The smallest absolute Gasteiger partial charge is 0.412 e. The van der Waals surface area contributed by atoms with Crippen molar-refractivity contribution in [2.24, 2.45) is 5.92 Å². The minimum atomic E-state index is -1.12. The van der Waals surface area contributed by atoms with Gasteiger partial charge in [0.1, 0.15) is 23.9 Å². The minimum Gasteiger partial charge on any atom is -0.480 e. The summed E-state index contributed by atoms with van der Waals surface area (Å²) in [4.78, 5) is 51.6. The van der Waals surface area contributed by atoms with E-state index in [1.807, 2.05) is 23.8 Å². The van der Waals surface area contributed by atoms with Crippen LogP contribution < -0.4 is 10.6 Å². The molecular formula is C25H39N3O7S. The Morgan fingerprint density at radius 1 is 1.28 bits per heavy atom. The predicted molar refractivity (Wildman–Crippen MR) is 136 cm³/mol. The summed E-state index contributed by atoms with van der Waals surface area (Å²) in [6, 6.07) is -0.135. The number of nitrogens with zero attached hydrogens (tertiary/aromatic N) is 1. The van der Waals surface area contributed by atoms with Crippen molar-refractivity contribution in [2.75, 3.05) is 13.2 Å². The summed E-state index contributed by atoms with van der Waals surface area (Å²) in [6.07, 6.45) is 0.642. The first-order chi connectivity index (χ1) is 16.9. The Hall–Kier alpha value is -2.66. The lowest BCUT2D eigenvalue weighted by Gasteiger charge is -2.36. The third-order valence-corrected chi connectivity index (χ3v) is 6.63. The molecule has 0 spiro atoms. The number of hydrogen-bond acceptors (Lipinski definition) is 7. The van der Waals surface area contributed by atoms with E-state index in [4.69, 9.17) is 9.47 Å². The summed E-state index contributed by atoms with van der Waals surface area (Å²) in [7, 11) is 0. The lowest BCUT2D eigenvalue weighted by Crippen LogP contribution is -2.54. The van der Waals surface area contributed by atoms with Gasteiger partial charge in [-0.25, -0.2) is 9.59 Å². The van der Waals surface area contributed by atoms with Crippen molar-refractivity contribution in [1.82, 2.24) is 15.5 Å². The van der Waals surface area contributed by atoms with E-state index in [-0.39, 0.29) is 31.1 Å². The van der Waals surface area contributed by atoms with Gasteiger partial charge in [-0.05, 0) is 55.5 Å². The second kappa shape index (κ2) is 13.6. The number of carboxylic acids is 1. The molecule has 0 bridgehead atoms. The average molecular weight is 526 g/mol. The first-order valence-corrected chi connectivity index (χ1v) is 13.3. The summed E-state index contributed by atoms with van der Waals surface area (Å²) >= 11 is 1.47. The monoisotopic (exact) mass is 525 g/mol. The Balaban J connectivity index is 2.04. The number of ether oxygens (including phenoxy) is 2. The zero-order valence-electron chi connectivity index (χ0n) is 21.7. The van der Waals surface area contributed by atoms with Crippen molar-refractivity contribution in [3.8, 4) is 0 Å². The number of carbonyl (C=O) groups is 4. The highest BCUT2D eigenvalue weighted by Crippen LogP contribution is 2.20. The molecule has 3 N–H and O–H groups in total. The van der Waals surface area contributed by atoms with Crippen LogP contribution in [0.5, 0.6) is 0 Å². The van der Waals surface area contributed by atoms with Crippen LogP contribution in [0.25, 0.3) is 0 Å². The predicted octanol–water partition coefficient (Wildman–Crippen LogP) is 3.15. The van der Waals surface area contributed by atoms with E-state index in [1.165, 1.54) is 16.2 Å². The van der Waals surface area contributed by atoms with Crippen molar-refractivity contribution in [1.29, 1.82) is 0 Å². The van der Waals surface area contributed by atoms with Gasteiger partial charge in [-0.2, -0.15) is 11.3 Å². The number of aliphatic carboxylic acids is 1. The number of rotatable bonds is 11. The van der Waals surface area contributed by atoms with Crippen molar-refractivity contribution < 1.29 is 33.8 Å². The molecule has 0 aliphatic carbocycles. The van der Waals surface area contributed by atoms with E-state index in [0.29, 0.717) is 26.0 Å². The summed E-state index contributed by atoms with van der Waals surface area (Å²) in [6.45, 7) is 9.90. The molecule has 1 aliphatic heterocycles. The highest BCUT2D eigenvalue weighted by Gasteiger charge is 2.33. The molecule has 2 heterocycles. The number of hydrogen-bond donors (Lipinski definition) is 3. The molecule has 1 aromatic heterocycles. The fourth-order valence-corrected chi connectivity index (χ4v) is 4.45. The van der Waals surface area contributed by atoms with Crippen LogP contribution in [0, 0.1) is 5.92 Å². The van der Waals surface area contributed by atoms with Gasteiger partial charge < -0.3 is 25.2 Å². The number of carbonyl (C=O) groups excluding carboxylic acids is 3. The van der Waals surface area contributed by atoms with Gasteiger partial charge in [0.05, 0.1) is 6.61 Å². The summed E-state index contributed by atoms with van der Waals surface area (Å²) in [5.74, 6) is -2.33. The maximum atomic E-state index is 13.0. The van der Waals surface area contributed by atoms with Crippen molar-refractivity contribution >= 4 is 35.2 Å². The number of thiophene rings is 1. The number of amides is 3. The molecule has 4 atom stereocenters. The van der Waals surface area contributed by atoms with Crippen LogP contribution in [-0.4, -0.2) is 70.9 Å². The first-order valence-electron chi connectivity index (χ1n) is 12.4. The second-order valence-electron chi connectivity index (χ2n) is 10.1. The van der Waals surface area contributed by atoms with Crippen molar-refractivity contribution in [3.63, 3.8) is 0 Å². The molecule has 1 aliphatic rings. The lowest BCUT2D eigenvalue weighted by molar-refractivity contribution is -0.143. The molecule has 1 aromatic rings. The molecule has 3 amide bonds. The maximum absolute atomic E-state index is 13.0. The van der Waals surface area contributed by atoms with Crippen molar-refractivity contribution in [2.45, 2.75) is 90.6 Å². The molecule has 1 fully saturated rings. The first kappa shape index (κ1) is 29.6. The van der Waals surface area contributed by atoms with Crippen LogP contribution in [0.3, 0.4) is 0 Å². The fourth-order valence-electron chi connectivity index (χ4n) is 3.77. The molecule has 10 nitrogen and oxygen atoms in total. The van der Waals surface area contributed by atoms with Crippen LogP contribution >= 0.6 is 11.3 Å². The standard InChI is InChI=1S/C25H39N3O7S/c1-6-16(2)21(23(31)32)27-22(30)18(14-17-10-13-36-15-17)26-19(29)8-9-20-28(11-7-12-34-20)24(33)35-25(3,4)5/h10,13,15-16,18,20-21H,6-9,11-12,14H2,1-5H3,(H,26,29)(H,27,30)(H,31,32)/t16-,18-,20?,21-/m0/s1. The van der Waals surface area contributed by atoms with Crippen LogP contribution in [-0.2, 0) is 30.3 Å². The van der Waals surface area contributed by atoms with Crippen molar-refractivity contribution in [3.05, 3.63) is 22.4 Å².